The number of anilines is 1. The Hall–Kier alpha value is -3.59. The first kappa shape index (κ1) is 30.6. The molecule has 1 aliphatic carbocycles. The van der Waals surface area contributed by atoms with Gasteiger partial charge in [-0.3, -0.25) is 19.8 Å². The molecule has 0 heterocycles. The summed E-state index contributed by atoms with van der Waals surface area (Å²) in [6.07, 6.45) is 4.99. The first-order valence-corrected chi connectivity index (χ1v) is 12.7. The molecule has 1 saturated carbocycles. The summed E-state index contributed by atoms with van der Waals surface area (Å²) in [4.78, 5) is 41.3. The third-order valence-corrected chi connectivity index (χ3v) is 6.91. The van der Waals surface area contributed by atoms with Gasteiger partial charge in [0.25, 0.3) is 0 Å². The van der Waals surface area contributed by atoms with Crippen LogP contribution in [0.2, 0.25) is 0 Å². The molecule has 3 amide bonds. The van der Waals surface area contributed by atoms with Crippen LogP contribution in [-0.4, -0.2) is 48.6 Å². The van der Waals surface area contributed by atoms with Crippen molar-refractivity contribution in [1.29, 1.82) is 5.41 Å². The second-order valence-electron chi connectivity index (χ2n) is 9.94. The summed E-state index contributed by atoms with van der Waals surface area (Å²) in [6.45, 7) is 0.320. The fourth-order valence-electron chi connectivity index (χ4n) is 4.71. The number of rotatable bonds is 10. The molecular weight excluding hydrogens is 504 g/mol. The average Bonchev–Trinajstić information content (AvgIpc) is 2.90. The molecule has 0 radical (unpaired) electrons. The number of carbonyl (C=O) groups excluding carboxylic acids is 3. The van der Waals surface area contributed by atoms with E-state index in [1.807, 2.05) is 12.1 Å². The highest BCUT2D eigenvalue weighted by molar-refractivity contribution is 6.02. The normalized spacial score (nSPS) is 14.9. The fourth-order valence-corrected chi connectivity index (χ4v) is 4.71. The highest BCUT2D eigenvalue weighted by Gasteiger charge is 2.35. The molecule has 2 aromatic rings. The standard InChI is InChI=1S/C28H38N6O3.ClH/c1-34(2)28(37)23(16-18-8-12-21(13-9-18)25(30)31)26(35)33-24(20-6-4-3-5-7-20)27(36)32-17-19-10-14-22(29)15-11-19;/h8-15,20,23-24H,3-7,16-17,29H2,1-2H3,(H3,30,31)(H,32,36)(H,33,35);1H/t23?,24-;/m0./s1. The maximum Gasteiger partial charge on any atom is 0.243 e. The largest absolute Gasteiger partial charge is 0.399 e. The van der Waals surface area contributed by atoms with E-state index < -0.39 is 17.9 Å². The van der Waals surface area contributed by atoms with Crippen molar-refractivity contribution in [3.63, 3.8) is 0 Å². The van der Waals surface area contributed by atoms with Gasteiger partial charge < -0.3 is 27.0 Å². The summed E-state index contributed by atoms with van der Waals surface area (Å²) >= 11 is 0. The number of nitrogens with zero attached hydrogens (tertiary/aromatic N) is 1. The van der Waals surface area contributed by atoms with E-state index in [9.17, 15) is 14.4 Å². The summed E-state index contributed by atoms with van der Waals surface area (Å²) in [5.41, 5.74) is 14.2. The highest BCUT2D eigenvalue weighted by atomic mass is 35.5. The van der Waals surface area contributed by atoms with E-state index in [4.69, 9.17) is 16.9 Å². The molecule has 1 unspecified atom stereocenters. The fraction of sp³-hybridized carbons (Fsp3) is 0.429. The van der Waals surface area contributed by atoms with Crippen LogP contribution in [0, 0.1) is 17.2 Å². The zero-order valence-electron chi connectivity index (χ0n) is 22.0. The molecule has 1 fully saturated rings. The summed E-state index contributed by atoms with van der Waals surface area (Å²) < 4.78 is 0. The molecule has 7 N–H and O–H groups in total. The number of amides is 3. The topological polar surface area (TPSA) is 154 Å². The van der Waals surface area contributed by atoms with Gasteiger partial charge in [-0.2, -0.15) is 0 Å². The molecule has 2 atom stereocenters. The number of amidine groups is 1. The number of carbonyl (C=O) groups is 3. The Kier molecular flexibility index (Phi) is 11.6. The molecule has 2 aromatic carbocycles. The lowest BCUT2D eigenvalue weighted by molar-refractivity contribution is -0.142. The third-order valence-electron chi connectivity index (χ3n) is 6.91. The van der Waals surface area contributed by atoms with Crippen molar-refractivity contribution in [2.24, 2.45) is 17.6 Å². The number of hydrogen-bond acceptors (Lipinski definition) is 5. The van der Waals surface area contributed by atoms with E-state index in [1.54, 1.807) is 50.5 Å². The van der Waals surface area contributed by atoms with Gasteiger partial charge >= 0.3 is 0 Å². The van der Waals surface area contributed by atoms with E-state index >= 15 is 0 Å². The van der Waals surface area contributed by atoms with Crippen LogP contribution in [0.25, 0.3) is 0 Å². The number of nitrogens with one attached hydrogen (secondary N) is 3. The van der Waals surface area contributed by atoms with Crippen LogP contribution in [0.15, 0.2) is 48.5 Å². The molecule has 38 heavy (non-hydrogen) atoms. The molecule has 0 spiro atoms. The minimum Gasteiger partial charge on any atom is -0.399 e. The number of benzene rings is 2. The number of nitrogens with two attached hydrogens (primary N) is 2. The quantitative estimate of drug-likeness (QED) is 0.135. The molecule has 10 heteroatoms. The Morgan fingerprint density at radius 2 is 1.53 bits per heavy atom. The second-order valence-corrected chi connectivity index (χ2v) is 9.94. The van der Waals surface area contributed by atoms with Crippen LogP contribution in [-0.2, 0) is 27.3 Å². The van der Waals surface area contributed by atoms with Gasteiger partial charge in [0.2, 0.25) is 17.7 Å². The van der Waals surface area contributed by atoms with E-state index in [1.165, 1.54) is 4.90 Å². The monoisotopic (exact) mass is 542 g/mol. The van der Waals surface area contributed by atoms with Crippen LogP contribution in [0.5, 0.6) is 0 Å². The van der Waals surface area contributed by atoms with E-state index in [-0.39, 0.29) is 42.4 Å². The molecule has 0 aromatic heterocycles. The SMILES string of the molecule is CN(C)C(=O)C(Cc1ccc(C(=N)N)cc1)C(=O)N[C@H](C(=O)NCc1ccc(N)cc1)C1CCCCC1.Cl. The van der Waals surface area contributed by atoms with Crippen LogP contribution < -0.4 is 22.1 Å². The highest BCUT2D eigenvalue weighted by Crippen LogP contribution is 2.27. The Morgan fingerprint density at radius 1 is 0.947 bits per heavy atom. The van der Waals surface area contributed by atoms with E-state index in [0.717, 1.165) is 43.2 Å². The molecule has 206 valence electrons. The summed E-state index contributed by atoms with van der Waals surface area (Å²) in [5.74, 6) is -2.09. The molecular formula is C28H39ClN6O3. The van der Waals surface area contributed by atoms with Gasteiger partial charge in [0.15, 0.2) is 0 Å². The van der Waals surface area contributed by atoms with Crippen molar-refractivity contribution >= 4 is 41.7 Å². The van der Waals surface area contributed by atoms with Gasteiger partial charge in [-0.1, -0.05) is 55.7 Å². The molecule has 0 saturated heterocycles. The average molecular weight is 543 g/mol. The van der Waals surface area contributed by atoms with E-state index in [0.29, 0.717) is 17.8 Å². The Morgan fingerprint density at radius 3 is 2.08 bits per heavy atom. The Labute approximate surface area is 230 Å². The zero-order chi connectivity index (χ0) is 26.9. The van der Waals surface area contributed by atoms with Gasteiger partial charge in [-0.05, 0) is 48.4 Å². The van der Waals surface area contributed by atoms with Gasteiger partial charge in [-0.15, -0.1) is 12.4 Å². The Balaban J connectivity index is 0.00000507. The van der Waals surface area contributed by atoms with E-state index in [2.05, 4.69) is 10.6 Å². The van der Waals surface area contributed by atoms with Crippen molar-refractivity contribution in [1.82, 2.24) is 15.5 Å². The van der Waals surface area contributed by atoms with Crippen molar-refractivity contribution in [3.05, 3.63) is 65.2 Å². The summed E-state index contributed by atoms with van der Waals surface area (Å²) in [7, 11) is 3.22. The minimum atomic E-state index is -0.992. The third kappa shape index (κ3) is 8.48. The summed E-state index contributed by atoms with van der Waals surface area (Å²) in [6, 6.07) is 13.5. The maximum atomic E-state index is 13.5. The van der Waals surface area contributed by atoms with Crippen LogP contribution in [0.1, 0.15) is 48.8 Å². The first-order chi connectivity index (χ1) is 17.7. The molecule has 1 aliphatic rings. The molecule has 0 aliphatic heterocycles. The van der Waals surface area contributed by atoms with Crippen LogP contribution >= 0.6 is 12.4 Å². The minimum absolute atomic E-state index is 0. The zero-order valence-corrected chi connectivity index (χ0v) is 22.9. The summed E-state index contributed by atoms with van der Waals surface area (Å²) in [5, 5.41) is 13.5. The number of nitrogen functional groups attached to an aromatic ring is 2. The Bertz CT molecular complexity index is 1100. The lowest BCUT2D eigenvalue weighted by Crippen LogP contribution is -2.54. The predicted octanol–water partition coefficient (Wildman–Crippen LogP) is 2.60. The molecule has 0 bridgehead atoms. The smallest absolute Gasteiger partial charge is 0.243 e. The van der Waals surface area contributed by atoms with Gasteiger partial charge in [0.1, 0.15) is 17.8 Å². The van der Waals surface area contributed by atoms with Crippen molar-refractivity contribution in [2.45, 2.75) is 51.1 Å². The van der Waals surface area contributed by atoms with Crippen molar-refractivity contribution < 1.29 is 14.4 Å². The van der Waals surface area contributed by atoms with Gasteiger partial charge in [0, 0.05) is 31.9 Å². The number of halogens is 1. The van der Waals surface area contributed by atoms with Crippen molar-refractivity contribution in [3.8, 4) is 0 Å². The van der Waals surface area contributed by atoms with Gasteiger partial charge in [-0.25, -0.2) is 0 Å². The maximum absolute atomic E-state index is 13.5. The lowest BCUT2D eigenvalue weighted by atomic mass is 9.83. The number of hydrogen-bond donors (Lipinski definition) is 5. The lowest BCUT2D eigenvalue weighted by Gasteiger charge is -2.31. The predicted molar refractivity (Wildman–Crippen MR) is 152 cm³/mol. The molecule has 9 nitrogen and oxygen atoms in total. The first-order valence-electron chi connectivity index (χ1n) is 12.7. The second kappa shape index (κ2) is 14.4. The molecule has 3 rings (SSSR count). The van der Waals surface area contributed by atoms with Crippen LogP contribution in [0.3, 0.4) is 0 Å². The van der Waals surface area contributed by atoms with Crippen LogP contribution in [0.4, 0.5) is 5.69 Å². The van der Waals surface area contributed by atoms with Gasteiger partial charge in [0.05, 0.1) is 0 Å². The van der Waals surface area contributed by atoms with Crippen molar-refractivity contribution in [2.75, 3.05) is 19.8 Å².